The SMILES string of the molecule is COC1CCC2(CC1)CC(O)c1cc(Br)ccc1O2. The summed E-state index contributed by atoms with van der Waals surface area (Å²) >= 11 is 3.44. The molecule has 104 valence electrons. The Kier molecular flexibility index (Phi) is 3.58. The molecule has 1 saturated carbocycles. The molecule has 19 heavy (non-hydrogen) atoms. The molecule has 1 heterocycles. The van der Waals surface area contributed by atoms with Crippen molar-refractivity contribution in [1.82, 2.24) is 0 Å². The van der Waals surface area contributed by atoms with Crippen LogP contribution in [0, 0.1) is 0 Å². The van der Waals surface area contributed by atoms with E-state index in [0.29, 0.717) is 12.5 Å². The van der Waals surface area contributed by atoms with E-state index in [-0.39, 0.29) is 5.60 Å². The van der Waals surface area contributed by atoms with Crippen LogP contribution in [0.4, 0.5) is 0 Å². The molecule has 4 heteroatoms. The number of fused-ring (bicyclic) bond motifs is 1. The fraction of sp³-hybridized carbons (Fsp3) is 0.600. The first-order valence-corrected chi connectivity index (χ1v) is 7.60. The second-order valence-electron chi connectivity index (χ2n) is 5.62. The van der Waals surface area contributed by atoms with E-state index in [1.54, 1.807) is 7.11 Å². The minimum absolute atomic E-state index is 0.199. The first-order chi connectivity index (χ1) is 9.12. The van der Waals surface area contributed by atoms with E-state index in [9.17, 15) is 5.11 Å². The highest BCUT2D eigenvalue weighted by Crippen LogP contribution is 2.46. The summed E-state index contributed by atoms with van der Waals surface area (Å²) in [6.07, 6.45) is 4.53. The molecule has 1 spiro atoms. The van der Waals surface area contributed by atoms with Gasteiger partial charge in [0, 0.05) is 23.6 Å². The number of ether oxygens (including phenoxy) is 2. The maximum Gasteiger partial charge on any atom is 0.126 e. The smallest absolute Gasteiger partial charge is 0.126 e. The monoisotopic (exact) mass is 326 g/mol. The molecule has 0 amide bonds. The zero-order valence-corrected chi connectivity index (χ0v) is 12.6. The Morgan fingerprint density at radius 1 is 1.37 bits per heavy atom. The highest BCUT2D eigenvalue weighted by atomic mass is 79.9. The summed E-state index contributed by atoms with van der Waals surface area (Å²) in [6.45, 7) is 0. The van der Waals surface area contributed by atoms with E-state index in [2.05, 4.69) is 15.9 Å². The van der Waals surface area contributed by atoms with E-state index in [1.165, 1.54) is 0 Å². The number of methoxy groups -OCH3 is 1. The van der Waals surface area contributed by atoms with Crippen molar-refractivity contribution in [2.75, 3.05) is 7.11 Å². The number of halogens is 1. The first kappa shape index (κ1) is 13.4. The molecule has 1 aromatic rings. The second kappa shape index (κ2) is 5.08. The molecule has 3 rings (SSSR count). The van der Waals surface area contributed by atoms with Crippen molar-refractivity contribution in [2.24, 2.45) is 0 Å². The molecule has 1 aromatic carbocycles. The van der Waals surface area contributed by atoms with Gasteiger partial charge in [-0.2, -0.15) is 0 Å². The first-order valence-electron chi connectivity index (χ1n) is 6.81. The van der Waals surface area contributed by atoms with Crippen LogP contribution in [0.3, 0.4) is 0 Å². The third-order valence-electron chi connectivity index (χ3n) is 4.40. The van der Waals surface area contributed by atoms with E-state index in [0.717, 1.165) is 41.5 Å². The number of benzene rings is 1. The molecule has 1 N–H and O–H groups in total. The number of hydrogen-bond donors (Lipinski definition) is 1. The molecule has 0 saturated heterocycles. The Hall–Kier alpha value is -0.580. The normalized spacial score (nSPS) is 33.8. The van der Waals surface area contributed by atoms with Crippen LogP contribution < -0.4 is 4.74 Å². The van der Waals surface area contributed by atoms with Gasteiger partial charge in [0.1, 0.15) is 11.4 Å². The Labute approximate surface area is 122 Å². The van der Waals surface area contributed by atoms with Crippen LogP contribution >= 0.6 is 15.9 Å². The predicted octanol–water partition coefficient (Wildman–Crippen LogP) is 3.59. The summed E-state index contributed by atoms with van der Waals surface area (Å²) in [4.78, 5) is 0. The molecule has 1 aliphatic heterocycles. The average molecular weight is 327 g/mol. The summed E-state index contributed by atoms with van der Waals surface area (Å²) in [7, 11) is 1.77. The standard InChI is InChI=1S/C15H19BrO3/c1-18-11-4-6-15(7-5-11)9-13(17)12-8-10(16)2-3-14(12)19-15/h2-3,8,11,13,17H,4-7,9H2,1H3. The minimum atomic E-state index is -0.430. The van der Waals surface area contributed by atoms with Gasteiger partial charge in [0.25, 0.3) is 0 Å². The average Bonchev–Trinajstić information content (AvgIpc) is 2.41. The van der Waals surface area contributed by atoms with Gasteiger partial charge in [-0.1, -0.05) is 15.9 Å². The number of rotatable bonds is 1. The van der Waals surface area contributed by atoms with Crippen LogP contribution in [-0.2, 0) is 4.74 Å². The number of aliphatic hydroxyl groups excluding tert-OH is 1. The summed E-state index contributed by atoms with van der Waals surface area (Å²) < 4.78 is 12.6. The van der Waals surface area contributed by atoms with Crippen molar-refractivity contribution in [2.45, 2.75) is 49.9 Å². The van der Waals surface area contributed by atoms with Crippen molar-refractivity contribution in [1.29, 1.82) is 0 Å². The molecule has 1 fully saturated rings. The van der Waals surface area contributed by atoms with Gasteiger partial charge >= 0.3 is 0 Å². The van der Waals surface area contributed by atoms with Crippen molar-refractivity contribution in [3.63, 3.8) is 0 Å². The van der Waals surface area contributed by atoms with Crippen LogP contribution in [-0.4, -0.2) is 23.9 Å². The fourth-order valence-corrected chi connectivity index (χ4v) is 3.65. The largest absolute Gasteiger partial charge is 0.487 e. The Morgan fingerprint density at radius 3 is 2.79 bits per heavy atom. The molecular weight excluding hydrogens is 308 g/mol. The molecule has 1 atom stereocenters. The van der Waals surface area contributed by atoms with E-state index in [4.69, 9.17) is 9.47 Å². The second-order valence-corrected chi connectivity index (χ2v) is 6.54. The molecule has 1 unspecified atom stereocenters. The zero-order chi connectivity index (χ0) is 13.5. The van der Waals surface area contributed by atoms with Crippen LogP contribution in [0.2, 0.25) is 0 Å². The highest BCUT2D eigenvalue weighted by molar-refractivity contribution is 9.10. The van der Waals surface area contributed by atoms with E-state index >= 15 is 0 Å². The summed E-state index contributed by atoms with van der Waals surface area (Å²) in [5.41, 5.74) is 0.698. The van der Waals surface area contributed by atoms with Crippen LogP contribution in [0.15, 0.2) is 22.7 Å². The lowest BCUT2D eigenvalue weighted by atomic mass is 9.77. The van der Waals surface area contributed by atoms with Gasteiger partial charge in [-0.05, 0) is 43.9 Å². The van der Waals surface area contributed by atoms with Crippen LogP contribution in [0.25, 0.3) is 0 Å². The van der Waals surface area contributed by atoms with Gasteiger partial charge in [0.05, 0.1) is 12.2 Å². The lowest BCUT2D eigenvalue weighted by Crippen LogP contribution is -2.45. The van der Waals surface area contributed by atoms with Crippen molar-refractivity contribution in [3.05, 3.63) is 28.2 Å². The zero-order valence-electron chi connectivity index (χ0n) is 11.1. The third kappa shape index (κ3) is 2.54. The lowest BCUT2D eigenvalue weighted by molar-refractivity contribution is -0.0672. The molecule has 0 aromatic heterocycles. The quantitative estimate of drug-likeness (QED) is 0.857. The Balaban J connectivity index is 1.83. The molecular formula is C15H19BrO3. The van der Waals surface area contributed by atoms with Crippen molar-refractivity contribution in [3.8, 4) is 5.75 Å². The number of aliphatic hydroxyl groups is 1. The van der Waals surface area contributed by atoms with Gasteiger partial charge in [-0.25, -0.2) is 0 Å². The van der Waals surface area contributed by atoms with Crippen LogP contribution in [0.5, 0.6) is 5.75 Å². The highest BCUT2D eigenvalue weighted by Gasteiger charge is 2.43. The van der Waals surface area contributed by atoms with Gasteiger partial charge in [-0.15, -0.1) is 0 Å². The topological polar surface area (TPSA) is 38.7 Å². The van der Waals surface area contributed by atoms with Crippen molar-refractivity contribution < 1.29 is 14.6 Å². The van der Waals surface area contributed by atoms with Gasteiger partial charge < -0.3 is 14.6 Å². The van der Waals surface area contributed by atoms with E-state index < -0.39 is 6.10 Å². The van der Waals surface area contributed by atoms with Crippen LogP contribution in [0.1, 0.15) is 43.8 Å². The Morgan fingerprint density at radius 2 is 2.11 bits per heavy atom. The summed E-state index contributed by atoms with van der Waals surface area (Å²) in [5.74, 6) is 0.831. The van der Waals surface area contributed by atoms with Crippen molar-refractivity contribution >= 4 is 15.9 Å². The van der Waals surface area contributed by atoms with E-state index in [1.807, 2.05) is 18.2 Å². The Bertz CT molecular complexity index is 466. The van der Waals surface area contributed by atoms with Gasteiger partial charge in [0.2, 0.25) is 0 Å². The van der Waals surface area contributed by atoms with Gasteiger partial charge in [0.15, 0.2) is 0 Å². The minimum Gasteiger partial charge on any atom is -0.487 e. The lowest BCUT2D eigenvalue weighted by Gasteiger charge is -2.44. The van der Waals surface area contributed by atoms with Gasteiger partial charge in [-0.3, -0.25) is 0 Å². The molecule has 0 radical (unpaired) electrons. The maximum absolute atomic E-state index is 10.4. The molecule has 0 bridgehead atoms. The summed E-state index contributed by atoms with van der Waals surface area (Å²) in [6, 6.07) is 5.87. The fourth-order valence-electron chi connectivity index (χ4n) is 3.27. The predicted molar refractivity (Wildman–Crippen MR) is 76.3 cm³/mol. The maximum atomic E-state index is 10.4. The molecule has 3 nitrogen and oxygen atoms in total. The molecule has 2 aliphatic rings. The molecule has 1 aliphatic carbocycles. The third-order valence-corrected chi connectivity index (χ3v) is 4.89. The summed E-state index contributed by atoms with van der Waals surface area (Å²) in [5, 5.41) is 10.4. The number of hydrogen-bond acceptors (Lipinski definition) is 3.